The summed E-state index contributed by atoms with van der Waals surface area (Å²) in [5, 5.41) is 3.21. The minimum atomic E-state index is -0.711. The van der Waals surface area contributed by atoms with Crippen LogP contribution in [-0.4, -0.2) is 29.3 Å². The van der Waals surface area contributed by atoms with E-state index in [1.165, 1.54) is 13.0 Å². The number of hydrogen-bond donors (Lipinski definition) is 2. The molecule has 0 spiro atoms. The van der Waals surface area contributed by atoms with Gasteiger partial charge >= 0.3 is 5.97 Å². The molecule has 1 heterocycles. The molecule has 6 nitrogen and oxygen atoms in total. The quantitative estimate of drug-likeness (QED) is 0.605. The third kappa shape index (κ3) is 4.41. The maximum absolute atomic E-state index is 12.1. The summed E-state index contributed by atoms with van der Waals surface area (Å²) in [5.74, 6) is -1.39. The fourth-order valence-electron chi connectivity index (χ4n) is 2.46. The van der Waals surface area contributed by atoms with Crippen molar-refractivity contribution in [2.24, 2.45) is 0 Å². The smallest absolute Gasteiger partial charge is 0.355 e. The summed E-state index contributed by atoms with van der Waals surface area (Å²) < 4.78 is 4.99. The zero-order valence-corrected chi connectivity index (χ0v) is 15.3. The van der Waals surface area contributed by atoms with Crippen LogP contribution in [-0.2, 0) is 9.53 Å². The SMILES string of the molecule is CC(=O)c1c(C)[nH]c(C(=O)OCC(=O)Nc2ccc(Cl)c(Cl)c2)c1C. The van der Waals surface area contributed by atoms with Crippen LogP contribution < -0.4 is 5.32 Å². The first-order chi connectivity index (χ1) is 11.7. The summed E-state index contributed by atoms with van der Waals surface area (Å²) in [5.41, 5.74) is 2.12. The highest BCUT2D eigenvalue weighted by Gasteiger charge is 2.21. The molecule has 1 aromatic carbocycles. The van der Waals surface area contributed by atoms with Crippen molar-refractivity contribution < 1.29 is 19.1 Å². The Morgan fingerprint density at radius 1 is 1.16 bits per heavy atom. The zero-order chi connectivity index (χ0) is 18.7. The number of rotatable bonds is 5. The number of ether oxygens (including phenoxy) is 1. The summed E-state index contributed by atoms with van der Waals surface area (Å²) in [6.45, 7) is 4.28. The molecule has 0 saturated heterocycles. The largest absolute Gasteiger partial charge is 0.451 e. The lowest BCUT2D eigenvalue weighted by atomic mass is 10.1. The summed E-state index contributed by atoms with van der Waals surface area (Å²) in [4.78, 5) is 38.4. The number of halogens is 2. The summed E-state index contributed by atoms with van der Waals surface area (Å²) in [7, 11) is 0. The third-order valence-electron chi connectivity index (χ3n) is 3.53. The lowest BCUT2D eigenvalue weighted by molar-refractivity contribution is -0.119. The Bertz CT molecular complexity index is 859. The second kappa shape index (κ2) is 7.72. The van der Waals surface area contributed by atoms with E-state index in [1.54, 1.807) is 26.0 Å². The van der Waals surface area contributed by atoms with E-state index in [4.69, 9.17) is 27.9 Å². The molecule has 1 amide bonds. The van der Waals surface area contributed by atoms with Gasteiger partial charge in [-0.2, -0.15) is 0 Å². The molecule has 1 aromatic heterocycles. The van der Waals surface area contributed by atoms with Gasteiger partial charge in [0.1, 0.15) is 5.69 Å². The number of carbonyl (C=O) groups is 3. The number of aromatic amines is 1. The van der Waals surface area contributed by atoms with Crippen LogP contribution >= 0.6 is 23.2 Å². The lowest BCUT2D eigenvalue weighted by Gasteiger charge is -2.07. The molecular weight excluding hydrogens is 367 g/mol. The topological polar surface area (TPSA) is 88.3 Å². The zero-order valence-electron chi connectivity index (χ0n) is 13.8. The first kappa shape index (κ1) is 19.0. The van der Waals surface area contributed by atoms with E-state index in [-0.39, 0.29) is 11.5 Å². The Labute approximate surface area is 154 Å². The Kier molecular flexibility index (Phi) is 5.87. The first-order valence-electron chi connectivity index (χ1n) is 7.32. The normalized spacial score (nSPS) is 10.4. The number of amides is 1. The van der Waals surface area contributed by atoms with Crippen LogP contribution in [0.1, 0.15) is 39.0 Å². The van der Waals surface area contributed by atoms with Gasteiger partial charge in [0.15, 0.2) is 12.4 Å². The van der Waals surface area contributed by atoms with Crippen molar-refractivity contribution in [2.75, 3.05) is 11.9 Å². The van der Waals surface area contributed by atoms with E-state index < -0.39 is 18.5 Å². The number of nitrogens with one attached hydrogen (secondary N) is 2. The van der Waals surface area contributed by atoms with Gasteiger partial charge in [0.2, 0.25) is 0 Å². The summed E-state index contributed by atoms with van der Waals surface area (Å²) in [6.07, 6.45) is 0. The number of carbonyl (C=O) groups excluding carboxylic acids is 3. The number of esters is 1. The Morgan fingerprint density at radius 2 is 1.84 bits per heavy atom. The molecule has 2 N–H and O–H groups in total. The standard InChI is InChI=1S/C17H16Cl2N2O4/c1-8-15(10(3)22)9(2)20-16(8)17(24)25-7-14(23)21-11-4-5-12(18)13(19)6-11/h4-6,20H,7H2,1-3H3,(H,21,23). The maximum atomic E-state index is 12.1. The number of Topliss-reactive ketones (excluding diaryl/α,β-unsaturated/α-hetero) is 1. The molecule has 0 radical (unpaired) electrons. The summed E-state index contributed by atoms with van der Waals surface area (Å²) in [6, 6.07) is 4.60. The van der Waals surface area contributed by atoms with E-state index in [9.17, 15) is 14.4 Å². The van der Waals surface area contributed by atoms with Crippen molar-refractivity contribution in [1.29, 1.82) is 0 Å². The van der Waals surface area contributed by atoms with Crippen LogP contribution in [0.3, 0.4) is 0 Å². The molecular formula is C17H16Cl2N2O4. The molecule has 2 rings (SSSR count). The number of aryl methyl sites for hydroxylation is 1. The van der Waals surface area contributed by atoms with Gasteiger partial charge in [0.05, 0.1) is 10.0 Å². The molecule has 2 aromatic rings. The van der Waals surface area contributed by atoms with Gasteiger partial charge in [-0.3, -0.25) is 9.59 Å². The van der Waals surface area contributed by atoms with Crippen molar-refractivity contribution in [3.05, 3.63) is 50.8 Å². The van der Waals surface area contributed by atoms with Crippen molar-refractivity contribution in [1.82, 2.24) is 4.98 Å². The van der Waals surface area contributed by atoms with Crippen LogP contribution in [0, 0.1) is 13.8 Å². The highest BCUT2D eigenvalue weighted by molar-refractivity contribution is 6.42. The Balaban J connectivity index is 2.00. The van der Waals surface area contributed by atoms with Crippen LogP contribution in [0.25, 0.3) is 0 Å². The Hall–Kier alpha value is -2.31. The van der Waals surface area contributed by atoms with E-state index in [0.29, 0.717) is 32.6 Å². The molecule has 0 bridgehead atoms. The van der Waals surface area contributed by atoms with Gasteiger partial charge in [-0.1, -0.05) is 23.2 Å². The molecule has 0 aliphatic rings. The molecule has 132 valence electrons. The number of hydrogen-bond acceptors (Lipinski definition) is 4. The van der Waals surface area contributed by atoms with Crippen molar-refractivity contribution in [3.8, 4) is 0 Å². The van der Waals surface area contributed by atoms with Gasteiger partial charge in [-0.25, -0.2) is 4.79 Å². The second-order valence-electron chi connectivity index (χ2n) is 5.43. The van der Waals surface area contributed by atoms with E-state index >= 15 is 0 Å². The molecule has 8 heteroatoms. The molecule has 0 fully saturated rings. The van der Waals surface area contributed by atoms with Crippen molar-refractivity contribution >= 4 is 46.5 Å². The molecule has 0 atom stereocenters. The van der Waals surface area contributed by atoms with Gasteiger partial charge in [-0.05, 0) is 44.5 Å². The minimum Gasteiger partial charge on any atom is -0.451 e. The Morgan fingerprint density at radius 3 is 2.40 bits per heavy atom. The molecule has 0 saturated carbocycles. The second-order valence-corrected chi connectivity index (χ2v) is 6.25. The highest BCUT2D eigenvalue weighted by atomic mass is 35.5. The van der Waals surface area contributed by atoms with Crippen molar-refractivity contribution in [2.45, 2.75) is 20.8 Å². The van der Waals surface area contributed by atoms with Crippen LogP contribution in [0.2, 0.25) is 10.0 Å². The van der Waals surface area contributed by atoms with E-state index in [1.807, 2.05) is 0 Å². The predicted octanol–water partition coefficient (Wildman–Crippen LogP) is 3.94. The number of ketones is 1. The first-order valence-corrected chi connectivity index (χ1v) is 8.08. The highest BCUT2D eigenvalue weighted by Crippen LogP contribution is 2.25. The summed E-state index contributed by atoms with van der Waals surface area (Å²) >= 11 is 11.7. The van der Waals surface area contributed by atoms with E-state index in [2.05, 4.69) is 10.3 Å². The number of H-pyrrole nitrogens is 1. The maximum Gasteiger partial charge on any atom is 0.355 e. The van der Waals surface area contributed by atoms with Gasteiger partial charge in [-0.15, -0.1) is 0 Å². The monoisotopic (exact) mass is 382 g/mol. The van der Waals surface area contributed by atoms with Gasteiger partial charge < -0.3 is 15.0 Å². The van der Waals surface area contributed by atoms with Gasteiger partial charge in [0.25, 0.3) is 5.91 Å². The van der Waals surface area contributed by atoms with Crippen LogP contribution in [0.4, 0.5) is 5.69 Å². The predicted molar refractivity (Wildman–Crippen MR) is 95.6 cm³/mol. The number of benzene rings is 1. The minimum absolute atomic E-state index is 0.150. The average molecular weight is 383 g/mol. The number of aromatic nitrogens is 1. The van der Waals surface area contributed by atoms with Crippen molar-refractivity contribution in [3.63, 3.8) is 0 Å². The van der Waals surface area contributed by atoms with Crippen LogP contribution in [0.5, 0.6) is 0 Å². The molecule has 0 unspecified atom stereocenters. The fraction of sp³-hybridized carbons (Fsp3) is 0.235. The molecule has 25 heavy (non-hydrogen) atoms. The van der Waals surface area contributed by atoms with E-state index in [0.717, 1.165) is 0 Å². The van der Waals surface area contributed by atoms with Crippen LogP contribution in [0.15, 0.2) is 18.2 Å². The molecule has 0 aliphatic carbocycles. The third-order valence-corrected chi connectivity index (χ3v) is 4.27. The lowest BCUT2D eigenvalue weighted by Crippen LogP contribution is -2.21. The average Bonchev–Trinajstić information content (AvgIpc) is 2.83. The van der Waals surface area contributed by atoms with Gasteiger partial charge in [0, 0.05) is 16.9 Å². The number of anilines is 1. The fourth-order valence-corrected chi connectivity index (χ4v) is 2.75. The molecule has 0 aliphatic heterocycles.